The van der Waals surface area contributed by atoms with E-state index in [-0.39, 0.29) is 0 Å². The zero-order valence-electron chi connectivity index (χ0n) is 11.8. The second-order valence-electron chi connectivity index (χ2n) is 5.12. The number of nitrogens with two attached hydrogens (primary N) is 1. The van der Waals surface area contributed by atoms with Crippen LogP contribution in [0.2, 0.25) is 0 Å². The van der Waals surface area contributed by atoms with Gasteiger partial charge in [-0.05, 0) is 29.5 Å². The third kappa shape index (κ3) is 2.50. The number of amides is 2. The molecule has 0 saturated heterocycles. The average Bonchev–Trinajstić information content (AvgIpc) is 3.06. The minimum absolute atomic E-state index is 0.372. The normalized spacial score (nSPS) is 11.2. The number of carbonyl (C=O) groups excluding carboxylic acids is 1. The van der Waals surface area contributed by atoms with Crippen LogP contribution in [0, 0.1) is 0 Å². The number of nitrogens with one attached hydrogen (secondary N) is 1. The van der Waals surface area contributed by atoms with Crippen LogP contribution in [-0.2, 0) is 0 Å². The van der Waals surface area contributed by atoms with E-state index < -0.39 is 6.03 Å². The molecule has 0 unspecified atom stereocenters. The molecule has 0 bridgehead atoms. The molecule has 5 nitrogen and oxygen atoms in total. The summed E-state index contributed by atoms with van der Waals surface area (Å²) in [5.74, 6) is 0.372. The van der Waals surface area contributed by atoms with Crippen molar-refractivity contribution < 1.29 is 4.79 Å². The summed E-state index contributed by atoms with van der Waals surface area (Å²) >= 11 is 1.48. The van der Waals surface area contributed by atoms with Crippen LogP contribution in [0.3, 0.4) is 0 Å². The SMILES string of the molecule is CC(C)c1cnc(N(C(N)=O)c2ccc3cc[nH]c3c2)s1. The van der Waals surface area contributed by atoms with E-state index in [1.165, 1.54) is 16.2 Å². The topological polar surface area (TPSA) is 75.0 Å². The molecule has 3 aromatic rings. The van der Waals surface area contributed by atoms with Gasteiger partial charge in [-0.3, -0.25) is 0 Å². The van der Waals surface area contributed by atoms with Crippen molar-refractivity contribution in [2.75, 3.05) is 4.90 Å². The average molecular weight is 300 g/mol. The van der Waals surface area contributed by atoms with E-state index in [4.69, 9.17) is 5.73 Å². The first kappa shape index (κ1) is 13.6. The van der Waals surface area contributed by atoms with Gasteiger partial charge in [-0.1, -0.05) is 19.9 Å². The Morgan fingerprint density at radius 1 is 1.38 bits per heavy atom. The van der Waals surface area contributed by atoms with Crippen LogP contribution in [0.5, 0.6) is 0 Å². The highest BCUT2D eigenvalue weighted by Gasteiger charge is 2.19. The number of rotatable bonds is 3. The zero-order chi connectivity index (χ0) is 15.0. The van der Waals surface area contributed by atoms with Gasteiger partial charge in [0.15, 0.2) is 5.13 Å². The number of carbonyl (C=O) groups is 1. The molecule has 1 aromatic carbocycles. The lowest BCUT2D eigenvalue weighted by molar-refractivity contribution is 0.256. The Balaban J connectivity index is 2.05. The van der Waals surface area contributed by atoms with E-state index in [1.807, 2.05) is 30.5 Å². The molecule has 2 heterocycles. The number of H-pyrrole nitrogens is 1. The summed E-state index contributed by atoms with van der Waals surface area (Å²) in [4.78, 5) is 21.9. The number of nitrogens with zero attached hydrogens (tertiary/aromatic N) is 2. The highest BCUT2D eigenvalue weighted by atomic mass is 32.1. The van der Waals surface area contributed by atoms with Crippen LogP contribution in [0.25, 0.3) is 10.9 Å². The number of thiazole rings is 1. The molecular formula is C15H16N4OS. The highest BCUT2D eigenvalue weighted by molar-refractivity contribution is 7.15. The fourth-order valence-corrected chi connectivity index (χ4v) is 3.10. The molecule has 0 saturated carbocycles. The third-order valence-electron chi connectivity index (χ3n) is 3.29. The molecule has 3 rings (SSSR count). The number of fused-ring (bicyclic) bond motifs is 1. The van der Waals surface area contributed by atoms with Crippen molar-refractivity contribution in [3.63, 3.8) is 0 Å². The van der Waals surface area contributed by atoms with E-state index in [0.717, 1.165) is 15.8 Å². The second-order valence-corrected chi connectivity index (χ2v) is 6.16. The van der Waals surface area contributed by atoms with Crippen molar-refractivity contribution >= 4 is 39.1 Å². The number of aromatic amines is 1. The quantitative estimate of drug-likeness (QED) is 0.768. The number of urea groups is 1. The number of primary amides is 1. The molecule has 0 fully saturated rings. The Morgan fingerprint density at radius 3 is 2.86 bits per heavy atom. The van der Waals surface area contributed by atoms with E-state index in [1.54, 1.807) is 6.20 Å². The van der Waals surface area contributed by atoms with Crippen molar-refractivity contribution in [1.82, 2.24) is 9.97 Å². The van der Waals surface area contributed by atoms with Gasteiger partial charge in [-0.15, -0.1) is 11.3 Å². The number of benzene rings is 1. The number of hydrogen-bond acceptors (Lipinski definition) is 3. The van der Waals surface area contributed by atoms with Crippen molar-refractivity contribution in [2.45, 2.75) is 19.8 Å². The Hall–Kier alpha value is -2.34. The van der Waals surface area contributed by atoms with Crippen LogP contribution in [-0.4, -0.2) is 16.0 Å². The van der Waals surface area contributed by atoms with Crippen LogP contribution in [0.15, 0.2) is 36.7 Å². The van der Waals surface area contributed by atoms with Gasteiger partial charge in [0, 0.05) is 22.8 Å². The molecule has 3 N–H and O–H groups in total. The van der Waals surface area contributed by atoms with Gasteiger partial charge in [0.25, 0.3) is 0 Å². The van der Waals surface area contributed by atoms with E-state index in [9.17, 15) is 4.79 Å². The fourth-order valence-electron chi connectivity index (χ4n) is 2.15. The minimum atomic E-state index is -0.537. The molecule has 0 aliphatic rings. The van der Waals surface area contributed by atoms with Crippen molar-refractivity contribution in [3.05, 3.63) is 41.5 Å². The van der Waals surface area contributed by atoms with Crippen molar-refractivity contribution in [2.24, 2.45) is 5.73 Å². The lowest BCUT2D eigenvalue weighted by atomic mass is 10.2. The third-order valence-corrected chi connectivity index (χ3v) is 4.57. The fraction of sp³-hybridized carbons (Fsp3) is 0.200. The molecule has 0 spiro atoms. The maximum atomic E-state index is 11.9. The van der Waals surface area contributed by atoms with Crippen LogP contribution in [0.4, 0.5) is 15.6 Å². The molecule has 0 atom stereocenters. The van der Waals surface area contributed by atoms with Gasteiger partial charge in [0.1, 0.15) is 0 Å². The van der Waals surface area contributed by atoms with Gasteiger partial charge in [0.2, 0.25) is 0 Å². The Kier molecular flexibility index (Phi) is 3.39. The number of aromatic nitrogens is 2. The highest BCUT2D eigenvalue weighted by Crippen LogP contribution is 2.33. The summed E-state index contributed by atoms with van der Waals surface area (Å²) in [5.41, 5.74) is 7.22. The van der Waals surface area contributed by atoms with Crippen LogP contribution in [0.1, 0.15) is 24.6 Å². The lowest BCUT2D eigenvalue weighted by Crippen LogP contribution is -2.31. The van der Waals surface area contributed by atoms with Gasteiger partial charge in [-0.25, -0.2) is 14.7 Å². The van der Waals surface area contributed by atoms with E-state index in [0.29, 0.717) is 16.7 Å². The summed E-state index contributed by atoms with van der Waals surface area (Å²) in [6.45, 7) is 4.19. The van der Waals surface area contributed by atoms with Gasteiger partial charge < -0.3 is 10.7 Å². The molecule has 0 aliphatic carbocycles. The van der Waals surface area contributed by atoms with Crippen LogP contribution >= 0.6 is 11.3 Å². The molecule has 21 heavy (non-hydrogen) atoms. The summed E-state index contributed by atoms with van der Waals surface area (Å²) in [5, 5.41) is 1.68. The van der Waals surface area contributed by atoms with Crippen molar-refractivity contribution in [1.29, 1.82) is 0 Å². The summed E-state index contributed by atoms with van der Waals surface area (Å²) in [7, 11) is 0. The number of hydrogen-bond donors (Lipinski definition) is 2. The molecule has 2 aromatic heterocycles. The largest absolute Gasteiger partial charge is 0.361 e. The Labute approximate surface area is 126 Å². The van der Waals surface area contributed by atoms with Crippen LogP contribution < -0.4 is 10.6 Å². The van der Waals surface area contributed by atoms with E-state index in [2.05, 4.69) is 23.8 Å². The van der Waals surface area contributed by atoms with Crippen molar-refractivity contribution in [3.8, 4) is 0 Å². The van der Waals surface area contributed by atoms with Gasteiger partial charge in [-0.2, -0.15) is 0 Å². The molecule has 0 aliphatic heterocycles. The first-order valence-electron chi connectivity index (χ1n) is 6.68. The predicted octanol–water partition coefficient (Wildman–Crippen LogP) is 3.96. The lowest BCUT2D eigenvalue weighted by Gasteiger charge is -2.17. The van der Waals surface area contributed by atoms with Gasteiger partial charge >= 0.3 is 6.03 Å². The standard InChI is InChI=1S/C15H16N4OS/c1-9(2)13-8-18-15(21-13)19(14(16)20)11-4-3-10-5-6-17-12(10)7-11/h3-9,17H,1-2H3,(H2,16,20). The summed E-state index contributed by atoms with van der Waals surface area (Å²) < 4.78 is 0. The predicted molar refractivity (Wildman–Crippen MR) is 86.2 cm³/mol. The molecule has 0 radical (unpaired) electrons. The molecule has 6 heteroatoms. The Bertz CT molecular complexity index is 790. The first-order valence-corrected chi connectivity index (χ1v) is 7.50. The zero-order valence-corrected chi connectivity index (χ0v) is 12.6. The summed E-state index contributed by atoms with van der Waals surface area (Å²) in [6, 6.07) is 7.17. The molecule has 108 valence electrons. The first-order chi connectivity index (χ1) is 10.1. The molecular weight excluding hydrogens is 284 g/mol. The van der Waals surface area contributed by atoms with E-state index >= 15 is 0 Å². The maximum absolute atomic E-state index is 11.9. The molecule has 2 amide bonds. The second kappa shape index (κ2) is 5.21. The number of anilines is 2. The monoisotopic (exact) mass is 300 g/mol. The van der Waals surface area contributed by atoms with Gasteiger partial charge in [0.05, 0.1) is 5.69 Å². The Morgan fingerprint density at radius 2 is 2.19 bits per heavy atom. The maximum Gasteiger partial charge on any atom is 0.325 e. The minimum Gasteiger partial charge on any atom is -0.361 e. The summed E-state index contributed by atoms with van der Waals surface area (Å²) in [6.07, 6.45) is 3.66. The smallest absolute Gasteiger partial charge is 0.325 e.